The van der Waals surface area contributed by atoms with Gasteiger partial charge in [-0.1, -0.05) is 19.3 Å². The summed E-state index contributed by atoms with van der Waals surface area (Å²) in [6.45, 7) is 0.642. The van der Waals surface area contributed by atoms with Crippen molar-refractivity contribution in [2.45, 2.75) is 36.9 Å². The molecule has 1 amide bonds. The van der Waals surface area contributed by atoms with E-state index in [0.29, 0.717) is 6.54 Å². The molecule has 0 spiro atoms. The molecule has 0 aliphatic heterocycles. The Morgan fingerprint density at radius 2 is 2.21 bits per heavy atom. The summed E-state index contributed by atoms with van der Waals surface area (Å²) in [6, 6.07) is 3.09. The first-order chi connectivity index (χ1) is 9.17. The molecule has 5 heteroatoms. The zero-order chi connectivity index (χ0) is 13.7. The van der Waals surface area contributed by atoms with E-state index in [0.717, 1.165) is 12.8 Å². The van der Waals surface area contributed by atoms with Crippen molar-refractivity contribution < 1.29 is 9.90 Å². The second-order valence-corrected chi connectivity index (χ2v) is 6.28. The summed E-state index contributed by atoms with van der Waals surface area (Å²) in [4.78, 5) is 15.9. The molecule has 1 saturated carbocycles. The van der Waals surface area contributed by atoms with E-state index >= 15 is 0 Å². The summed E-state index contributed by atoms with van der Waals surface area (Å²) in [6.07, 6.45) is 9.65. The quantitative estimate of drug-likeness (QED) is 0.890. The first kappa shape index (κ1) is 14.2. The minimum Gasteiger partial charge on any atom is -0.505 e. The topological polar surface area (TPSA) is 62.2 Å². The van der Waals surface area contributed by atoms with Crippen LogP contribution in [0.4, 0.5) is 0 Å². The Morgan fingerprint density at radius 3 is 2.84 bits per heavy atom. The number of hydrogen-bond acceptors (Lipinski definition) is 4. The molecule has 2 N–H and O–H groups in total. The van der Waals surface area contributed by atoms with Crippen LogP contribution in [0.5, 0.6) is 5.75 Å². The molecule has 0 bridgehead atoms. The molecule has 1 heterocycles. The fourth-order valence-corrected chi connectivity index (χ4v) is 3.46. The zero-order valence-corrected chi connectivity index (χ0v) is 12.0. The highest BCUT2D eigenvalue weighted by Crippen LogP contribution is 2.38. The van der Waals surface area contributed by atoms with Crippen LogP contribution in [0.25, 0.3) is 0 Å². The van der Waals surface area contributed by atoms with Gasteiger partial charge in [-0.05, 0) is 31.2 Å². The Hall–Kier alpha value is -1.23. The Morgan fingerprint density at radius 1 is 1.47 bits per heavy atom. The number of carbonyl (C=O) groups excluding carboxylic acids is 1. The Balaban J connectivity index is 1.98. The molecule has 1 aliphatic carbocycles. The van der Waals surface area contributed by atoms with Gasteiger partial charge in [0, 0.05) is 17.5 Å². The van der Waals surface area contributed by atoms with E-state index in [1.54, 1.807) is 6.07 Å². The van der Waals surface area contributed by atoms with Gasteiger partial charge in [0.1, 0.15) is 5.75 Å². The standard InChI is InChI=1S/C14H20N2O2S/c1-19-14(7-3-2-4-8-14)10-16-13(18)12-11(17)6-5-9-15-12/h5-6,9,17H,2-4,7-8,10H2,1H3,(H,16,18). The van der Waals surface area contributed by atoms with Crippen LogP contribution >= 0.6 is 11.8 Å². The number of pyridine rings is 1. The van der Waals surface area contributed by atoms with Crippen LogP contribution in [0.2, 0.25) is 0 Å². The predicted molar refractivity (Wildman–Crippen MR) is 77.6 cm³/mol. The average molecular weight is 280 g/mol. The molecule has 0 atom stereocenters. The summed E-state index contributed by atoms with van der Waals surface area (Å²) in [5.41, 5.74) is 0.106. The molecule has 0 saturated heterocycles. The molecule has 1 aromatic rings. The number of aromatic hydroxyl groups is 1. The predicted octanol–water partition coefficient (Wildman–Crippen LogP) is 2.58. The number of carbonyl (C=O) groups is 1. The number of amides is 1. The van der Waals surface area contributed by atoms with Crippen LogP contribution in [0.3, 0.4) is 0 Å². The molecule has 4 nitrogen and oxygen atoms in total. The van der Waals surface area contributed by atoms with Gasteiger partial charge in [-0.15, -0.1) is 0 Å². The number of nitrogens with zero attached hydrogens (tertiary/aromatic N) is 1. The molecule has 0 aromatic carbocycles. The zero-order valence-electron chi connectivity index (χ0n) is 11.2. The normalized spacial score (nSPS) is 17.9. The molecular formula is C14H20N2O2S. The number of aromatic nitrogens is 1. The van der Waals surface area contributed by atoms with E-state index < -0.39 is 0 Å². The van der Waals surface area contributed by atoms with Crippen molar-refractivity contribution in [2.75, 3.05) is 12.8 Å². The van der Waals surface area contributed by atoms with Crippen LogP contribution in [0, 0.1) is 0 Å². The van der Waals surface area contributed by atoms with Crippen LogP contribution in [0.15, 0.2) is 18.3 Å². The fourth-order valence-electron chi connectivity index (χ4n) is 2.55. The van der Waals surface area contributed by atoms with Gasteiger partial charge in [-0.25, -0.2) is 4.98 Å². The van der Waals surface area contributed by atoms with Crippen LogP contribution in [0.1, 0.15) is 42.6 Å². The Kier molecular flexibility index (Phi) is 4.69. The van der Waals surface area contributed by atoms with Gasteiger partial charge >= 0.3 is 0 Å². The fraction of sp³-hybridized carbons (Fsp3) is 0.571. The van der Waals surface area contributed by atoms with Gasteiger partial charge < -0.3 is 10.4 Å². The van der Waals surface area contributed by atoms with E-state index in [-0.39, 0.29) is 22.1 Å². The van der Waals surface area contributed by atoms with Gasteiger partial charge in [-0.3, -0.25) is 4.79 Å². The molecule has 1 fully saturated rings. The van der Waals surface area contributed by atoms with Crippen molar-refractivity contribution in [3.8, 4) is 5.75 Å². The van der Waals surface area contributed by atoms with Gasteiger partial charge in [0.05, 0.1) is 0 Å². The third-order valence-corrected chi connectivity index (χ3v) is 5.19. The number of rotatable bonds is 4. The summed E-state index contributed by atoms with van der Waals surface area (Å²) in [7, 11) is 0. The SMILES string of the molecule is CSC1(CNC(=O)c2ncccc2O)CCCCC1. The minimum atomic E-state index is -0.294. The first-order valence-electron chi connectivity index (χ1n) is 6.64. The summed E-state index contributed by atoms with van der Waals surface area (Å²) < 4.78 is 0.151. The maximum atomic E-state index is 12.0. The lowest BCUT2D eigenvalue weighted by Gasteiger charge is -2.35. The molecule has 2 rings (SSSR count). The van der Waals surface area contributed by atoms with Gasteiger partial charge in [0.25, 0.3) is 5.91 Å². The van der Waals surface area contributed by atoms with E-state index in [4.69, 9.17) is 0 Å². The van der Waals surface area contributed by atoms with Crippen molar-refractivity contribution in [3.63, 3.8) is 0 Å². The Bertz CT molecular complexity index is 445. The largest absolute Gasteiger partial charge is 0.505 e. The summed E-state index contributed by atoms with van der Waals surface area (Å²) in [5.74, 6) is -0.362. The molecule has 104 valence electrons. The average Bonchev–Trinajstić information content (AvgIpc) is 2.46. The molecule has 19 heavy (non-hydrogen) atoms. The highest BCUT2D eigenvalue weighted by Gasteiger charge is 2.31. The van der Waals surface area contributed by atoms with Gasteiger partial charge in [0.15, 0.2) is 5.69 Å². The third kappa shape index (κ3) is 3.41. The smallest absolute Gasteiger partial charge is 0.273 e. The van der Waals surface area contributed by atoms with Crippen molar-refractivity contribution in [2.24, 2.45) is 0 Å². The van der Waals surface area contributed by atoms with Crippen molar-refractivity contribution in [1.29, 1.82) is 0 Å². The lowest BCUT2D eigenvalue weighted by molar-refractivity contribution is 0.0939. The van der Waals surface area contributed by atoms with E-state index in [9.17, 15) is 9.90 Å². The molecule has 1 aromatic heterocycles. The van der Waals surface area contributed by atoms with E-state index in [1.807, 2.05) is 11.8 Å². The summed E-state index contributed by atoms with van der Waals surface area (Å²) >= 11 is 1.84. The lowest BCUT2D eigenvalue weighted by Crippen LogP contribution is -2.42. The monoisotopic (exact) mass is 280 g/mol. The number of thioether (sulfide) groups is 1. The van der Waals surface area contributed by atoms with Crippen molar-refractivity contribution in [3.05, 3.63) is 24.0 Å². The number of nitrogens with one attached hydrogen (secondary N) is 1. The third-order valence-electron chi connectivity index (χ3n) is 3.77. The number of hydrogen-bond donors (Lipinski definition) is 2. The maximum Gasteiger partial charge on any atom is 0.273 e. The lowest BCUT2D eigenvalue weighted by atomic mass is 9.88. The van der Waals surface area contributed by atoms with E-state index in [2.05, 4.69) is 16.6 Å². The van der Waals surface area contributed by atoms with Crippen molar-refractivity contribution in [1.82, 2.24) is 10.3 Å². The molecular weight excluding hydrogens is 260 g/mol. The molecule has 1 aliphatic rings. The van der Waals surface area contributed by atoms with Gasteiger partial charge in [-0.2, -0.15) is 11.8 Å². The maximum absolute atomic E-state index is 12.0. The van der Waals surface area contributed by atoms with Crippen LogP contribution < -0.4 is 5.32 Å². The molecule has 0 radical (unpaired) electrons. The van der Waals surface area contributed by atoms with E-state index in [1.165, 1.54) is 31.5 Å². The van der Waals surface area contributed by atoms with Gasteiger partial charge in [0.2, 0.25) is 0 Å². The van der Waals surface area contributed by atoms with Crippen LogP contribution in [-0.2, 0) is 0 Å². The Labute approximate surface area is 118 Å². The second-order valence-electron chi connectivity index (χ2n) is 5.00. The molecule has 0 unspecified atom stereocenters. The first-order valence-corrected chi connectivity index (χ1v) is 7.87. The highest BCUT2D eigenvalue weighted by molar-refractivity contribution is 8.00. The minimum absolute atomic E-state index is 0.0677. The van der Waals surface area contributed by atoms with Crippen molar-refractivity contribution >= 4 is 17.7 Å². The highest BCUT2D eigenvalue weighted by atomic mass is 32.2. The summed E-state index contributed by atoms with van der Waals surface area (Å²) in [5, 5.41) is 12.5. The second kappa shape index (κ2) is 6.28. The van der Waals surface area contributed by atoms with Crippen LogP contribution in [-0.4, -0.2) is 33.5 Å².